The van der Waals surface area contributed by atoms with E-state index in [0.717, 1.165) is 38.1 Å². The Kier molecular flexibility index (Phi) is 6.36. The number of piperidine rings is 1. The molecular weight excluding hydrogens is 329 g/mol. The third-order valence-electron chi connectivity index (χ3n) is 5.57. The van der Waals surface area contributed by atoms with Crippen molar-refractivity contribution in [1.82, 2.24) is 4.90 Å². The highest BCUT2D eigenvalue weighted by Crippen LogP contribution is 2.42. The van der Waals surface area contributed by atoms with E-state index in [0.29, 0.717) is 24.5 Å². The molecule has 0 amide bonds. The van der Waals surface area contributed by atoms with Gasteiger partial charge in [-0.05, 0) is 61.3 Å². The van der Waals surface area contributed by atoms with E-state index in [9.17, 15) is 4.39 Å². The number of hydrogen-bond donors (Lipinski definition) is 0. The fourth-order valence-corrected chi connectivity index (χ4v) is 4.56. The predicted octanol–water partition coefficient (Wildman–Crippen LogP) is 4.92. The van der Waals surface area contributed by atoms with Crippen molar-refractivity contribution >= 4 is 0 Å². The molecule has 0 radical (unpaired) electrons. The normalized spacial score (nSPS) is 25.7. The van der Waals surface area contributed by atoms with Crippen molar-refractivity contribution in [3.05, 3.63) is 41.7 Å². The fourth-order valence-electron chi connectivity index (χ4n) is 4.56. The van der Waals surface area contributed by atoms with E-state index in [1.54, 1.807) is 0 Å². The van der Waals surface area contributed by atoms with Gasteiger partial charge in [-0.15, -0.1) is 0 Å². The highest BCUT2D eigenvalue weighted by Gasteiger charge is 2.39. The number of nitrogens with zero attached hydrogens (tertiary/aromatic N) is 1. The molecule has 2 aliphatic rings. The second-order valence-electron chi connectivity index (χ2n) is 8.05. The third kappa shape index (κ3) is 4.47. The van der Waals surface area contributed by atoms with Gasteiger partial charge in [0.25, 0.3) is 0 Å². The average molecular weight is 362 g/mol. The van der Waals surface area contributed by atoms with Gasteiger partial charge < -0.3 is 9.47 Å². The lowest BCUT2D eigenvalue weighted by atomic mass is 9.79. The van der Waals surface area contributed by atoms with Gasteiger partial charge in [0.15, 0.2) is 0 Å². The van der Waals surface area contributed by atoms with Crippen LogP contribution in [0.15, 0.2) is 30.6 Å². The molecule has 0 aliphatic carbocycles. The zero-order chi connectivity index (χ0) is 18.7. The van der Waals surface area contributed by atoms with E-state index in [1.165, 1.54) is 11.1 Å². The van der Waals surface area contributed by atoms with Crippen LogP contribution in [-0.4, -0.2) is 37.3 Å². The monoisotopic (exact) mass is 361 g/mol. The maximum absolute atomic E-state index is 13.2. The summed E-state index contributed by atoms with van der Waals surface area (Å²) >= 11 is 0. The first-order valence-corrected chi connectivity index (χ1v) is 9.92. The molecule has 0 spiro atoms. The fraction of sp³-hybridized carbons (Fsp3) is 0.636. The Balaban J connectivity index is 1.79. The Morgan fingerprint density at radius 3 is 2.88 bits per heavy atom. The van der Waals surface area contributed by atoms with Gasteiger partial charge >= 0.3 is 0 Å². The minimum atomic E-state index is -0.388. The van der Waals surface area contributed by atoms with Gasteiger partial charge in [-0.3, -0.25) is 4.90 Å². The Bertz CT molecular complexity index is 631. The van der Waals surface area contributed by atoms with E-state index in [4.69, 9.17) is 9.47 Å². The van der Waals surface area contributed by atoms with E-state index in [-0.39, 0.29) is 18.5 Å². The van der Waals surface area contributed by atoms with Gasteiger partial charge in [0, 0.05) is 19.1 Å². The lowest BCUT2D eigenvalue weighted by molar-refractivity contribution is -0.0597. The molecule has 1 aromatic rings. The van der Waals surface area contributed by atoms with E-state index < -0.39 is 0 Å². The van der Waals surface area contributed by atoms with Gasteiger partial charge in [0.2, 0.25) is 0 Å². The first-order chi connectivity index (χ1) is 12.5. The van der Waals surface area contributed by atoms with Gasteiger partial charge in [0.05, 0.1) is 19.3 Å². The lowest BCUT2D eigenvalue weighted by Gasteiger charge is -2.47. The first kappa shape index (κ1) is 19.4. The SMILES string of the molecule is C=C([19F])CO[C@@H]1C[C@@H]2c3ccc(OCC)cc3CCN2C[C@H]1CC(C)C. The summed E-state index contributed by atoms with van der Waals surface area (Å²) in [5.41, 5.74) is 2.77. The summed E-state index contributed by atoms with van der Waals surface area (Å²) in [6.07, 6.45) is 3.19. The Morgan fingerprint density at radius 2 is 2.19 bits per heavy atom. The van der Waals surface area contributed by atoms with Crippen LogP contribution in [0.25, 0.3) is 0 Å². The van der Waals surface area contributed by atoms with Crippen LogP contribution in [0.2, 0.25) is 0 Å². The molecule has 2 aliphatic heterocycles. The van der Waals surface area contributed by atoms with Crippen LogP contribution in [0.5, 0.6) is 5.75 Å². The van der Waals surface area contributed by atoms with Gasteiger partial charge in [-0.25, -0.2) is 4.39 Å². The van der Waals surface area contributed by atoms with Gasteiger partial charge in [-0.1, -0.05) is 26.5 Å². The Morgan fingerprint density at radius 1 is 1.38 bits per heavy atom. The topological polar surface area (TPSA) is 21.7 Å². The van der Waals surface area contributed by atoms with E-state index in [1.807, 2.05) is 6.92 Å². The van der Waals surface area contributed by atoms with Crippen molar-refractivity contribution in [2.45, 2.75) is 52.2 Å². The molecule has 144 valence electrons. The molecule has 1 aromatic carbocycles. The zero-order valence-corrected chi connectivity index (χ0v) is 16.3. The minimum Gasteiger partial charge on any atom is -0.494 e. The number of hydrogen-bond acceptors (Lipinski definition) is 3. The summed E-state index contributed by atoms with van der Waals surface area (Å²) < 4.78 is 24.8. The Labute approximate surface area is 157 Å². The van der Waals surface area contributed by atoms with E-state index in [2.05, 4.69) is 43.5 Å². The molecule has 1 fully saturated rings. The van der Waals surface area contributed by atoms with E-state index >= 15 is 0 Å². The maximum atomic E-state index is 13.2. The molecule has 0 unspecified atom stereocenters. The molecule has 0 N–H and O–H groups in total. The largest absolute Gasteiger partial charge is 0.494 e. The van der Waals surface area contributed by atoms with Crippen LogP contribution >= 0.6 is 0 Å². The number of fused-ring (bicyclic) bond motifs is 3. The molecule has 3 rings (SSSR count). The number of halogens is 1. The van der Waals surface area contributed by atoms with Crippen LogP contribution in [0.4, 0.5) is 4.39 Å². The van der Waals surface area contributed by atoms with Crippen molar-refractivity contribution in [1.29, 1.82) is 0 Å². The lowest BCUT2D eigenvalue weighted by Crippen LogP contribution is -2.49. The highest BCUT2D eigenvalue weighted by molar-refractivity contribution is 5.39. The van der Waals surface area contributed by atoms with Crippen molar-refractivity contribution in [2.24, 2.45) is 11.8 Å². The second-order valence-corrected chi connectivity index (χ2v) is 8.05. The molecule has 1 saturated heterocycles. The zero-order valence-electron chi connectivity index (χ0n) is 16.3. The van der Waals surface area contributed by atoms with Crippen LogP contribution in [0.3, 0.4) is 0 Å². The molecule has 0 aromatic heterocycles. The molecule has 3 nitrogen and oxygen atoms in total. The average Bonchev–Trinajstić information content (AvgIpc) is 2.59. The first-order valence-electron chi connectivity index (χ1n) is 9.92. The van der Waals surface area contributed by atoms with Crippen molar-refractivity contribution < 1.29 is 13.9 Å². The summed E-state index contributed by atoms with van der Waals surface area (Å²) in [5.74, 6) is 1.63. The van der Waals surface area contributed by atoms with Gasteiger partial charge in [-0.2, -0.15) is 0 Å². The molecule has 0 bridgehead atoms. The molecule has 4 heteroatoms. The number of ether oxygens (including phenoxy) is 2. The molecular formula is C22H32FNO2. The predicted molar refractivity (Wildman–Crippen MR) is 103 cm³/mol. The maximum Gasteiger partial charge on any atom is 0.119 e. The second kappa shape index (κ2) is 8.53. The summed E-state index contributed by atoms with van der Waals surface area (Å²) in [6.45, 7) is 12.7. The molecule has 3 atom stereocenters. The summed E-state index contributed by atoms with van der Waals surface area (Å²) in [7, 11) is 0. The Hall–Kier alpha value is -1.39. The van der Waals surface area contributed by atoms with Crippen LogP contribution in [0, 0.1) is 11.8 Å². The molecule has 2 heterocycles. The quantitative estimate of drug-likeness (QED) is 0.688. The molecule has 26 heavy (non-hydrogen) atoms. The third-order valence-corrected chi connectivity index (χ3v) is 5.57. The summed E-state index contributed by atoms with van der Waals surface area (Å²) in [6, 6.07) is 6.84. The van der Waals surface area contributed by atoms with Gasteiger partial charge in [0.1, 0.15) is 11.6 Å². The van der Waals surface area contributed by atoms with Crippen molar-refractivity contribution in [3.63, 3.8) is 0 Å². The number of benzene rings is 1. The molecule has 0 saturated carbocycles. The van der Waals surface area contributed by atoms with Crippen molar-refractivity contribution in [3.8, 4) is 5.75 Å². The smallest absolute Gasteiger partial charge is 0.119 e. The summed E-state index contributed by atoms with van der Waals surface area (Å²) in [4.78, 5) is 2.60. The van der Waals surface area contributed by atoms with Crippen LogP contribution in [0.1, 0.15) is 50.8 Å². The van der Waals surface area contributed by atoms with Crippen molar-refractivity contribution in [2.75, 3.05) is 26.3 Å². The number of rotatable bonds is 7. The minimum absolute atomic E-state index is 0.0160. The standard InChI is InChI=1S/C22H32FNO2/c1-5-25-19-6-7-20-17(11-19)8-9-24-13-18(10-15(2)3)22(12-21(20)24)26-14-16(4)23/h6-7,11,15,18,21-22H,4-5,8-10,12-14H2,1-3H3/t18-,21-,22-/m1/s1/i23+0. The van der Waals surface area contributed by atoms with Crippen LogP contribution in [-0.2, 0) is 11.2 Å². The van der Waals surface area contributed by atoms with Crippen LogP contribution < -0.4 is 4.74 Å². The summed E-state index contributed by atoms with van der Waals surface area (Å²) in [5, 5.41) is 0. The highest BCUT2D eigenvalue weighted by atomic mass is 19.1.